The average molecular weight is 264 g/mol. The number of rotatable bonds is 4. The van der Waals surface area contributed by atoms with E-state index in [-0.39, 0.29) is 17.7 Å². The zero-order valence-electron chi connectivity index (χ0n) is 10.7. The lowest BCUT2D eigenvalue weighted by Gasteiger charge is -2.11. The molecule has 0 saturated carbocycles. The summed E-state index contributed by atoms with van der Waals surface area (Å²) in [4.78, 5) is 14.4. The lowest BCUT2D eigenvalue weighted by atomic mass is 10.2. The van der Waals surface area contributed by atoms with Gasteiger partial charge in [0.05, 0.1) is 5.69 Å². The van der Waals surface area contributed by atoms with E-state index in [2.05, 4.69) is 29.5 Å². The standard InChI is InChI=1S/C13H16N2O2S/c1-8(6-11-5-4-10(3)18-11)14-13(16)12-7-9(2)15-17-12/h4-5,7-8H,6H2,1-3H3,(H,14,16)/t8-/m1/s1. The van der Waals surface area contributed by atoms with Crippen LogP contribution in [0.4, 0.5) is 0 Å². The third-order valence-corrected chi connectivity index (χ3v) is 3.56. The van der Waals surface area contributed by atoms with Gasteiger partial charge in [-0.3, -0.25) is 4.79 Å². The van der Waals surface area contributed by atoms with Crippen molar-refractivity contribution in [3.05, 3.63) is 39.4 Å². The molecule has 1 amide bonds. The molecule has 0 bridgehead atoms. The van der Waals surface area contributed by atoms with E-state index in [1.54, 1.807) is 24.3 Å². The monoisotopic (exact) mass is 264 g/mol. The van der Waals surface area contributed by atoms with Crippen molar-refractivity contribution in [2.45, 2.75) is 33.2 Å². The lowest BCUT2D eigenvalue weighted by Crippen LogP contribution is -2.33. The molecule has 0 spiro atoms. The fraction of sp³-hybridized carbons (Fsp3) is 0.385. The number of hydrogen-bond acceptors (Lipinski definition) is 4. The van der Waals surface area contributed by atoms with Crippen LogP contribution in [-0.2, 0) is 6.42 Å². The smallest absolute Gasteiger partial charge is 0.290 e. The van der Waals surface area contributed by atoms with Gasteiger partial charge in [0.1, 0.15) is 0 Å². The Kier molecular flexibility index (Phi) is 3.81. The van der Waals surface area contributed by atoms with Gasteiger partial charge in [-0.05, 0) is 32.9 Å². The first kappa shape index (κ1) is 12.8. The predicted molar refractivity (Wildman–Crippen MR) is 70.9 cm³/mol. The Labute approximate surface area is 110 Å². The zero-order chi connectivity index (χ0) is 13.1. The predicted octanol–water partition coefficient (Wildman–Crippen LogP) is 2.71. The van der Waals surface area contributed by atoms with Gasteiger partial charge >= 0.3 is 0 Å². The Morgan fingerprint density at radius 1 is 1.50 bits per heavy atom. The topological polar surface area (TPSA) is 55.1 Å². The normalized spacial score (nSPS) is 12.4. The zero-order valence-corrected chi connectivity index (χ0v) is 11.5. The van der Waals surface area contributed by atoms with E-state index in [0.29, 0.717) is 5.69 Å². The maximum Gasteiger partial charge on any atom is 0.290 e. The second-order valence-electron chi connectivity index (χ2n) is 4.42. The van der Waals surface area contributed by atoms with E-state index in [9.17, 15) is 4.79 Å². The molecule has 0 fully saturated rings. The number of amides is 1. The first-order chi connectivity index (χ1) is 8.54. The van der Waals surface area contributed by atoms with Crippen LogP contribution >= 0.6 is 11.3 Å². The fourth-order valence-electron chi connectivity index (χ4n) is 1.71. The van der Waals surface area contributed by atoms with Crippen LogP contribution in [0.5, 0.6) is 0 Å². The van der Waals surface area contributed by atoms with E-state index in [1.165, 1.54) is 9.75 Å². The highest BCUT2D eigenvalue weighted by Crippen LogP contribution is 2.16. The van der Waals surface area contributed by atoms with Gasteiger partial charge in [-0.1, -0.05) is 5.16 Å². The van der Waals surface area contributed by atoms with Gasteiger partial charge in [0.25, 0.3) is 5.91 Å². The molecular formula is C13H16N2O2S. The van der Waals surface area contributed by atoms with E-state index in [1.807, 2.05) is 6.92 Å². The van der Waals surface area contributed by atoms with Crippen LogP contribution in [0, 0.1) is 13.8 Å². The van der Waals surface area contributed by atoms with Crippen molar-refractivity contribution in [1.29, 1.82) is 0 Å². The number of carbonyl (C=O) groups is 1. The number of carbonyl (C=O) groups excluding carboxylic acids is 1. The first-order valence-corrected chi connectivity index (χ1v) is 6.66. The minimum absolute atomic E-state index is 0.0703. The van der Waals surface area contributed by atoms with Crippen molar-refractivity contribution in [2.75, 3.05) is 0 Å². The summed E-state index contributed by atoms with van der Waals surface area (Å²) in [6, 6.07) is 5.90. The van der Waals surface area contributed by atoms with E-state index < -0.39 is 0 Å². The number of hydrogen-bond donors (Lipinski definition) is 1. The molecule has 0 unspecified atom stereocenters. The van der Waals surface area contributed by atoms with Crippen LogP contribution in [0.3, 0.4) is 0 Å². The molecule has 1 N–H and O–H groups in total. The van der Waals surface area contributed by atoms with Crippen molar-refractivity contribution >= 4 is 17.2 Å². The largest absolute Gasteiger partial charge is 0.351 e. The Bertz CT molecular complexity index is 545. The van der Waals surface area contributed by atoms with Crippen molar-refractivity contribution in [3.63, 3.8) is 0 Å². The van der Waals surface area contributed by atoms with Gasteiger partial charge in [-0.15, -0.1) is 11.3 Å². The molecule has 96 valence electrons. The summed E-state index contributed by atoms with van der Waals surface area (Å²) >= 11 is 1.76. The van der Waals surface area contributed by atoms with E-state index in [0.717, 1.165) is 6.42 Å². The average Bonchev–Trinajstić information content (AvgIpc) is 2.87. The van der Waals surface area contributed by atoms with Crippen LogP contribution in [0.25, 0.3) is 0 Å². The lowest BCUT2D eigenvalue weighted by molar-refractivity contribution is 0.0903. The highest BCUT2D eigenvalue weighted by molar-refractivity contribution is 7.11. The molecule has 2 heterocycles. The number of nitrogens with zero attached hydrogens (tertiary/aromatic N) is 1. The summed E-state index contributed by atoms with van der Waals surface area (Å²) in [6.07, 6.45) is 0.831. The van der Waals surface area contributed by atoms with Gasteiger partial charge in [0.2, 0.25) is 5.76 Å². The first-order valence-electron chi connectivity index (χ1n) is 5.84. The highest BCUT2D eigenvalue weighted by atomic mass is 32.1. The van der Waals surface area contributed by atoms with Crippen molar-refractivity contribution < 1.29 is 9.32 Å². The third-order valence-electron chi connectivity index (χ3n) is 2.53. The van der Waals surface area contributed by atoms with Gasteiger partial charge in [0, 0.05) is 28.3 Å². The molecule has 5 heteroatoms. The number of thiophene rings is 1. The second kappa shape index (κ2) is 5.35. The van der Waals surface area contributed by atoms with Crippen molar-refractivity contribution in [3.8, 4) is 0 Å². The van der Waals surface area contributed by atoms with Gasteiger partial charge < -0.3 is 9.84 Å². The van der Waals surface area contributed by atoms with Crippen LogP contribution in [0.2, 0.25) is 0 Å². The second-order valence-corrected chi connectivity index (χ2v) is 5.80. The van der Waals surface area contributed by atoms with Gasteiger partial charge in [-0.25, -0.2) is 0 Å². The van der Waals surface area contributed by atoms with E-state index >= 15 is 0 Å². The summed E-state index contributed by atoms with van der Waals surface area (Å²) in [5.41, 5.74) is 0.710. The summed E-state index contributed by atoms with van der Waals surface area (Å²) in [6.45, 7) is 5.85. The van der Waals surface area contributed by atoms with Crippen molar-refractivity contribution in [1.82, 2.24) is 10.5 Å². The molecule has 0 radical (unpaired) electrons. The molecule has 0 saturated heterocycles. The summed E-state index contributed by atoms with van der Waals surface area (Å²) < 4.78 is 4.92. The molecule has 2 rings (SSSR count). The summed E-state index contributed by atoms with van der Waals surface area (Å²) in [5, 5.41) is 6.60. The summed E-state index contributed by atoms with van der Waals surface area (Å²) in [5.74, 6) is 0.0538. The van der Waals surface area contributed by atoms with Gasteiger partial charge in [-0.2, -0.15) is 0 Å². The quantitative estimate of drug-likeness (QED) is 0.923. The number of aromatic nitrogens is 1. The van der Waals surface area contributed by atoms with Gasteiger partial charge in [0.15, 0.2) is 0 Å². The Hall–Kier alpha value is -1.62. The molecule has 0 aromatic carbocycles. The highest BCUT2D eigenvalue weighted by Gasteiger charge is 2.14. The molecule has 4 nitrogen and oxygen atoms in total. The molecule has 1 atom stereocenters. The molecule has 0 aliphatic carbocycles. The Balaban J connectivity index is 1.91. The maximum atomic E-state index is 11.8. The number of nitrogens with one attached hydrogen (secondary N) is 1. The molecule has 0 aliphatic heterocycles. The number of aryl methyl sites for hydroxylation is 2. The minimum atomic E-state index is -0.212. The van der Waals surface area contributed by atoms with Crippen molar-refractivity contribution in [2.24, 2.45) is 0 Å². The SMILES string of the molecule is Cc1cc(C(=O)N[C@H](C)Cc2ccc(C)s2)on1. The minimum Gasteiger partial charge on any atom is -0.351 e. The fourth-order valence-corrected chi connectivity index (χ4v) is 2.73. The van der Waals surface area contributed by atoms with E-state index in [4.69, 9.17) is 4.52 Å². The van der Waals surface area contributed by atoms with Crippen LogP contribution in [0.1, 0.15) is 32.9 Å². The van der Waals surface area contributed by atoms with Crippen LogP contribution in [-0.4, -0.2) is 17.1 Å². The molecule has 0 aliphatic rings. The Morgan fingerprint density at radius 2 is 2.28 bits per heavy atom. The molecular weight excluding hydrogens is 248 g/mol. The molecule has 2 aromatic rings. The summed E-state index contributed by atoms with van der Waals surface area (Å²) in [7, 11) is 0. The third kappa shape index (κ3) is 3.20. The van der Waals surface area contributed by atoms with Crippen LogP contribution in [0.15, 0.2) is 22.7 Å². The maximum absolute atomic E-state index is 11.8. The molecule has 2 aromatic heterocycles. The molecule has 18 heavy (non-hydrogen) atoms. The Morgan fingerprint density at radius 3 is 2.83 bits per heavy atom. The van der Waals surface area contributed by atoms with Crippen LogP contribution < -0.4 is 5.32 Å².